The molecule has 8 rings (SSSR count). The summed E-state index contributed by atoms with van der Waals surface area (Å²) >= 11 is 0. The number of hydrogen-bond donors (Lipinski definition) is 0. The van der Waals surface area contributed by atoms with Crippen LogP contribution < -0.4 is 9.30 Å². The molecule has 0 saturated carbocycles. The second kappa shape index (κ2) is 13.9. The first-order valence-corrected chi connectivity index (χ1v) is 18.7. The molecular formula is C48H47N5OPt-2. The van der Waals surface area contributed by atoms with Gasteiger partial charge in [0.25, 0.3) is 6.33 Å². The van der Waals surface area contributed by atoms with E-state index in [0.717, 1.165) is 55.6 Å². The smallest absolute Gasteiger partial charge is 0.268 e. The van der Waals surface area contributed by atoms with Gasteiger partial charge in [-0.1, -0.05) is 116 Å². The van der Waals surface area contributed by atoms with Crippen LogP contribution in [0.2, 0.25) is 0 Å². The molecule has 0 amide bonds. The molecule has 4 aromatic carbocycles. The molecule has 282 valence electrons. The average molecular weight is 905 g/mol. The van der Waals surface area contributed by atoms with Crippen molar-refractivity contribution in [2.24, 2.45) is 0 Å². The Morgan fingerprint density at radius 1 is 0.655 bits per heavy atom. The quantitative estimate of drug-likeness (QED) is 0.128. The predicted molar refractivity (Wildman–Crippen MR) is 219 cm³/mol. The fraction of sp³-hybridized carbons (Fsp3) is 0.271. The van der Waals surface area contributed by atoms with Crippen molar-refractivity contribution < 1.29 is 30.4 Å². The van der Waals surface area contributed by atoms with E-state index in [1.54, 1.807) is 12.4 Å². The van der Waals surface area contributed by atoms with E-state index in [9.17, 15) is 0 Å². The molecule has 6 nitrogen and oxygen atoms in total. The Labute approximate surface area is 339 Å². The SMILES string of the molecule is Cc1cccc2c1[n+](-c1cc(C(C)(C)C)cc(C(C)(C)C)c1)[c-]n2-c1[c-]c(Oc2[c-]c3c(cc2)c2ccccc2n3-c2cc(C(C)(C)C)ccn2)cnc1.[Pt]. The molecule has 4 heterocycles. The topological polar surface area (TPSA) is 48.8 Å². The number of benzene rings is 4. The van der Waals surface area contributed by atoms with E-state index in [0.29, 0.717) is 11.5 Å². The monoisotopic (exact) mass is 904 g/mol. The molecule has 0 spiro atoms. The van der Waals surface area contributed by atoms with Crippen LogP contribution in [-0.2, 0) is 37.3 Å². The van der Waals surface area contributed by atoms with Crippen LogP contribution in [-0.4, -0.2) is 19.1 Å². The van der Waals surface area contributed by atoms with Crippen LogP contribution in [0.1, 0.15) is 84.6 Å². The van der Waals surface area contributed by atoms with Crippen molar-refractivity contribution in [1.29, 1.82) is 0 Å². The molecule has 0 fully saturated rings. The summed E-state index contributed by atoms with van der Waals surface area (Å²) in [6, 6.07) is 37.1. The van der Waals surface area contributed by atoms with Gasteiger partial charge in [-0.15, -0.1) is 23.6 Å². The maximum atomic E-state index is 6.51. The molecule has 4 aromatic heterocycles. The van der Waals surface area contributed by atoms with Gasteiger partial charge in [0.2, 0.25) is 0 Å². The summed E-state index contributed by atoms with van der Waals surface area (Å²) in [5, 5.41) is 2.21. The van der Waals surface area contributed by atoms with E-state index in [1.165, 1.54) is 16.7 Å². The molecule has 7 heteroatoms. The van der Waals surface area contributed by atoms with Crippen LogP contribution in [0.3, 0.4) is 0 Å². The zero-order valence-electron chi connectivity index (χ0n) is 33.3. The Bertz CT molecular complexity index is 2690. The van der Waals surface area contributed by atoms with Crippen LogP contribution in [0, 0.1) is 25.4 Å². The number of aryl methyl sites for hydroxylation is 1. The summed E-state index contributed by atoms with van der Waals surface area (Å²) in [4.78, 5) is 9.44. The molecule has 0 aliphatic carbocycles. The van der Waals surface area contributed by atoms with E-state index in [-0.39, 0.29) is 37.3 Å². The van der Waals surface area contributed by atoms with Crippen molar-refractivity contribution in [1.82, 2.24) is 19.1 Å². The van der Waals surface area contributed by atoms with Crippen LogP contribution in [0.4, 0.5) is 0 Å². The van der Waals surface area contributed by atoms with Crippen molar-refractivity contribution >= 4 is 32.8 Å². The van der Waals surface area contributed by atoms with Gasteiger partial charge in [-0.05, 0) is 93.0 Å². The molecule has 0 saturated heterocycles. The van der Waals surface area contributed by atoms with Crippen LogP contribution in [0.25, 0.3) is 50.0 Å². The molecule has 0 aliphatic heterocycles. The minimum absolute atomic E-state index is 0. The number of fused-ring (bicyclic) bond motifs is 4. The standard InChI is InChI=1S/C48H47N5O.Pt/c1-31-14-13-17-42-45(31)52(35-23-33(47(5,6)7)22-34(24-35)48(8,9)10)30-51(42)36-26-38(29-49-28-36)54-37-18-19-40-39-15-11-12-16-41(39)53(43(40)27-37)44-25-32(20-21-50-44)46(2,3)4;/h11-25,28-29H,1-10H3;/q-2;. The molecular weight excluding hydrogens is 858 g/mol. The molecule has 0 atom stereocenters. The molecule has 8 aromatic rings. The maximum Gasteiger partial charge on any atom is 0.268 e. The van der Waals surface area contributed by atoms with Gasteiger partial charge in [0.15, 0.2) is 0 Å². The summed E-state index contributed by atoms with van der Waals surface area (Å²) in [5.74, 6) is 1.89. The van der Waals surface area contributed by atoms with Gasteiger partial charge in [0.1, 0.15) is 5.82 Å². The first kappa shape index (κ1) is 38.2. The van der Waals surface area contributed by atoms with E-state index in [1.807, 2.05) is 16.8 Å². The third kappa shape index (κ3) is 7.13. The van der Waals surface area contributed by atoms with E-state index < -0.39 is 0 Å². The molecule has 0 bridgehead atoms. The van der Waals surface area contributed by atoms with Gasteiger partial charge in [-0.2, -0.15) is 6.07 Å². The fourth-order valence-corrected chi connectivity index (χ4v) is 7.12. The zero-order valence-corrected chi connectivity index (χ0v) is 35.5. The summed E-state index contributed by atoms with van der Waals surface area (Å²) in [7, 11) is 0. The van der Waals surface area contributed by atoms with E-state index in [2.05, 4.69) is 181 Å². The first-order valence-electron chi connectivity index (χ1n) is 18.7. The molecule has 55 heavy (non-hydrogen) atoms. The van der Waals surface area contributed by atoms with Crippen molar-refractivity contribution in [2.45, 2.75) is 85.5 Å². The van der Waals surface area contributed by atoms with Gasteiger partial charge in [0.05, 0.1) is 16.7 Å². The van der Waals surface area contributed by atoms with Gasteiger partial charge in [0, 0.05) is 44.3 Å². The first-order chi connectivity index (χ1) is 25.6. The van der Waals surface area contributed by atoms with Gasteiger partial charge in [-0.25, -0.2) is 4.98 Å². The number of aromatic nitrogens is 5. The number of ether oxygens (including phenoxy) is 1. The molecule has 0 radical (unpaired) electrons. The maximum absolute atomic E-state index is 6.51. The Kier molecular flexibility index (Phi) is 9.66. The second-order valence-corrected chi connectivity index (χ2v) is 17.5. The normalized spacial score (nSPS) is 12.4. The van der Waals surface area contributed by atoms with Crippen molar-refractivity contribution in [3.63, 3.8) is 0 Å². The minimum atomic E-state index is -0.0193. The molecule has 0 aliphatic rings. The number of rotatable bonds is 5. The minimum Gasteiger partial charge on any atom is -0.508 e. The van der Waals surface area contributed by atoms with E-state index >= 15 is 0 Å². The van der Waals surface area contributed by atoms with Gasteiger partial charge in [-0.3, -0.25) is 4.57 Å². The second-order valence-electron chi connectivity index (χ2n) is 17.5. The summed E-state index contributed by atoms with van der Waals surface area (Å²) in [6.07, 6.45) is 9.07. The molecule has 0 unspecified atom stereocenters. The Balaban J connectivity index is 0.00000465. The van der Waals surface area contributed by atoms with E-state index in [4.69, 9.17) is 9.72 Å². The fourth-order valence-electron chi connectivity index (χ4n) is 7.12. The van der Waals surface area contributed by atoms with Crippen molar-refractivity contribution in [3.8, 4) is 28.7 Å². The third-order valence-electron chi connectivity index (χ3n) is 10.3. The number of pyridine rings is 2. The third-order valence-corrected chi connectivity index (χ3v) is 10.3. The van der Waals surface area contributed by atoms with Gasteiger partial charge < -0.3 is 18.9 Å². The van der Waals surface area contributed by atoms with Crippen LogP contribution in [0.15, 0.2) is 104 Å². The number of hydrogen-bond acceptors (Lipinski definition) is 3. The summed E-state index contributed by atoms with van der Waals surface area (Å²) in [6.45, 7) is 22.4. The van der Waals surface area contributed by atoms with Crippen molar-refractivity contribution in [2.75, 3.05) is 0 Å². The van der Waals surface area contributed by atoms with Crippen LogP contribution in [0.5, 0.6) is 11.5 Å². The Hall–Kier alpha value is -5.06. The number of nitrogens with zero attached hydrogens (tertiary/aromatic N) is 5. The Morgan fingerprint density at radius 2 is 1.35 bits per heavy atom. The predicted octanol–water partition coefficient (Wildman–Crippen LogP) is 11.2. The van der Waals surface area contributed by atoms with Crippen LogP contribution >= 0.6 is 0 Å². The largest absolute Gasteiger partial charge is 0.508 e. The summed E-state index contributed by atoms with van der Waals surface area (Å²) in [5.41, 5.74) is 10.7. The van der Waals surface area contributed by atoms with Gasteiger partial charge >= 0.3 is 0 Å². The van der Waals surface area contributed by atoms with Crippen molar-refractivity contribution in [3.05, 3.63) is 144 Å². The molecule has 0 N–H and O–H groups in total. The Morgan fingerprint density at radius 3 is 2.05 bits per heavy atom. The zero-order chi connectivity index (χ0) is 38.2. The number of para-hydroxylation sites is 2. The average Bonchev–Trinajstić information content (AvgIpc) is 3.68. The number of imidazole rings is 1. The summed E-state index contributed by atoms with van der Waals surface area (Å²) < 4.78 is 12.9.